The van der Waals surface area contributed by atoms with E-state index in [1.54, 1.807) is 17.7 Å². The molecule has 9 nitrogen and oxygen atoms in total. The van der Waals surface area contributed by atoms with Crippen molar-refractivity contribution in [3.8, 4) is 17.4 Å². The molecule has 0 spiro atoms. The second kappa shape index (κ2) is 8.45. The summed E-state index contributed by atoms with van der Waals surface area (Å²) < 4.78 is 31.3. The van der Waals surface area contributed by atoms with Gasteiger partial charge in [-0.3, -0.25) is 4.98 Å². The van der Waals surface area contributed by atoms with E-state index in [4.69, 9.17) is 14.0 Å². The van der Waals surface area contributed by atoms with Crippen LogP contribution in [0, 0.1) is 0 Å². The molecule has 0 amide bonds. The lowest BCUT2D eigenvalue weighted by Crippen LogP contribution is -2.22. The molecule has 0 radical (unpaired) electrons. The molecule has 0 atom stereocenters. The minimum absolute atomic E-state index is 0.235. The molecule has 1 aromatic carbocycles. The van der Waals surface area contributed by atoms with Gasteiger partial charge in [0.1, 0.15) is 19.4 Å². The van der Waals surface area contributed by atoms with Gasteiger partial charge >= 0.3 is 0 Å². The van der Waals surface area contributed by atoms with Crippen molar-refractivity contribution in [2.24, 2.45) is 0 Å². The second-order valence-electron chi connectivity index (χ2n) is 8.36. The summed E-state index contributed by atoms with van der Waals surface area (Å²) in [6.45, 7) is 0.536. The van der Waals surface area contributed by atoms with Crippen LogP contribution in [0.3, 0.4) is 0 Å². The van der Waals surface area contributed by atoms with Gasteiger partial charge in [-0.1, -0.05) is 29.4 Å². The maximum Gasteiger partial charge on any atom is 0.240 e. The number of methoxy groups -OCH3 is 1. The maximum atomic E-state index is 13.2. The highest BCUT2D eigenvalue weighted by Gasteiger charge is 2.30. The highest BCUT2D eigenvalue weighted by atomic mass is 19.1. The van der Waals surface area contributed by atoms with Crippen LogP contribution in [0.15, 0.2) is 53.2 Å². The molecule has 0 unspecified atom stereocenters. The molecule has 1 fully saturated rings. The summed E-state index contributed by atoms with van der Waals surface area (Å²) in [4.78, 5) is 4.50. The summed E-state index contributed by atoms with van der Waals surface area (Å²) in [5.41, 5.74) is 2.91. The van der Waals surface area contributed by atoms with Gasteiger partial charge in [0, 0.05) is 30.1 Å². The van der Waals surface area contributed by atoms with E-state index in [0.29, 0.717) is 48.3 Å². The molecule has 0 aliphatic heterocycles. The molecule has 34 heavy (non-hydrogen) atoms. The molecule has 0 saturated heterocycles. The van der Waals surface area contributed by atoms with Crippen molar-refractivity contribution < 1.29 is 18.4 Å². The molecule has 0 N–H and O–H groups in total. The molecule has 5 aromatic rings. The van der Waals surface area contributed by atoms with Crippen LogP contribution in [0.2, 0.25) is 0 Å². The molecule has 1 aliphatic carbocycles. The van der Waals surface area contributed by atoms with Crippen molar-refractivity contribution in [2.45, 2.75) is 38.1 Å². The standard InChI is InChI=1S/C24H21FN6O3/c1-32-13-18-10-21(30-34-18)23-28-27-22-19-4-2-3-5-20(19)24(29-31(22)23)33-12-17-7-6-14(11-26-17)15-8-16(25)9-15/h2-7,10-11,15-16H,8-9,12-13H2,1H3. The summed E-state index contributed by atoms with van der Waals surface area (Å²) in [6, 6.07) is 13.4. The minimum Gasteiger partial charge on any atom is -0.470 e. The Morgan fingerprint density at radius 3 is 2.71 bits per heavy atom. The summed E-state index contributed by atoms with van der Waals surface area (Å²) in [7, 11) is 1.58. The van der Waals surface area contributed by atoms with Crippen molar-refractivity contribution in [2.75, 3.05) is 7.11 Å². The zero-order chi connectivity index (χ0) is 23.1. The van der Waals surface area contributed by atoms with E-state index >= 15 is 0 Å². The van der Waals surface area contributed by atoms with Gasteiger partial charge in [0.15, 0.2) is 17.1 Å². The molecular weight excluding hydrogens is 439 g/mol. The van der Waals surface area contributed by atoms with Gasteiger partial charge in [0.2, 0.25) is 11.7 Å². The van der Waals surface area contributed by atoms with Crippen molar-refractivity contribution in [1.29, 1.82) is 0 Å². The van der Waals surface area contributed by atoms with Crippen molar-refractivity contribution in [1.82, 2.24) is 30.0 Å². The van der Waals surface area contributed by atoms with Crippen LogP contribution >= 0.6 is 0 Å². The van der Waals surface area contributed by atoms with Crippen LogP contribution in [0.4, 0.5) is 4.39 Å². The summed E-state index contributed by atoms with van der Waals surface area (Å²) in [5.74, 6) is 1.70. The SMILES string of the molecule is COCc1cc(-c2nnc3c4ccccc4c(OCc4ccc(C5CC(F)C5)cn4)nn23)no1. The maximum absolute atomic E-state index is 13.2. The molecule has 10 heteroatoms. The molecule has 1 aliphatic rings. The topological polar surface area (TPSA) is 100 Å². The van der Waals surface area contributed by atoms with Gasteiger partial charge in [0.25, 0.3) is 0 Å². The monoisotopic (exact) mass is 460 g/mol. The van der Waals surface area contributed by atoms with Crippen molar-refractivity contribution in [3.05, 3.63) is 65.7 Å². The van der Waals surface area contributed by atoms with E-state index in [9.17, 15) is 4.39 Å². The number of halogens is 1. The van der Waals surface area contributed by atoms with Gasteiger partial charge in [-0.05, 0) is 36.5 Å². The molecule has 4 aromatic heterocycles. The Bertz CT molecular complexity index is 1460. The molecule has 0 bridgehead atoms. The van der Waals surface area contributed by atoms with E-state index in [2.05, 4.69) is 25.4 Å². The minimum atomic E-state index is -0.686. The number of hydrogen-bond donors (Lipinski definition) is 0. The van der Waals surface area contributed by atoms with Gasteiger partial charge < -0.3 is 14.0 Å². The first-order chi connectivity index (χ1) is 16.7. The van der Waals surface area contributed by atoms with Gasteiger partial charge in [0.05, 0.1) is 5.69 Å². The van der Waals surface area contributed by atoms with Gasteiger partial charge in [-0.2, -0.15) is 4.52 Å². The van der Waals surface area contributed by atoms with Crippen LogP contribution in [-0.2, 0) is 18.0 Å². The Kier molecular flexibility index (Phi) is 5.14. The molecule has 4 heterocycles. The zero-order valence-corrected chi connectivity index (χ0v) is 18.4. The van der Waals surface area contributed by atoms with Crippen molar-refractivity contribution in [3.63, 3.8) is 0 Å². The number of pyridine rings is 1. The van der Waals surface area contributed by atoms with Gasteiger partial charge in [-0.25, -0.2) is 4.39 Å². The predicted octanol–water partition coefficient (Wildman–Crippen LogP) is 4.27. The number of benzene rings is 1. The fourth-order valence-corrected chi connectivity index (χ4v) is 4.17. The Hall–Kier alpha value is -3.92. The predicted molar refractivity (Wildman–Crippen MR) is 120 cm³/mol. The number of nitrogens with zero attached hydrogens (tertiary/aromatic N) is 6. The third-order valence-electron chi connectivity index (χ3n) is 6.06. The van der Waals surface area contributed by atoms with E-state index < -0.39 is 6.17 Å². The number of aromatic nitrogens is 6. The first-order valence-electron chi connectivity index (χ1n) is 11.0. The Labute approximate surface area is 193 Å². The number of hydrogen-bond acceptors (Lipinski definition) is 8. The summed E-state index contributed by atoms with van der Waals surface area (Å²) in [6.07, 6.45) is 2.28. The normalized spacial score (nSPS) is 17.8. The molecule has 1 saturated carbocycles. The third-order valence-corrected chi connectivity index (χ3v) is 6.06. The lowest BCUT2D eigenvalue weighted by atomic mass is 9.79. The first-order valence-corrected chi connectivity index (χ1v) is 11.0. The van der Waals surface area contributed by atoms with E-state index in [-0.39, 0.29) is 12.5 Å². The summed E-state index contributed by atoms with van der Waals surface area (Å²) >= 11 is 0. The number of rotatable bonds is 7. The number of ether oxygens (including phenoxy) is 2. The van der Waals surface area contributed by atoms with Crippen LogP contribution in [0.25, 0.3) is 27.9 Å². The Balaban J connectivity index is 1.32. The number of fused-ring (bicyclic) bond motifs is 3. The fraction of sp³-hybridized carbons (Fsp3) is 0.292. The highest BCUT2D eigenvalue weighted by molar-refractivity contribution is 5.96. The quantitative estimate of drug-likeness (QED) is 0.355. The smallest absolute Gasteiger partial charge is 0.240 e. The molecule has 172 valence electrons. The lowest BCUT2D eigenvalue weighted by molar-refractivity contribution is 0.156. The van der Waals surface area contributed by atoms with E-state index in [1.807, 2.05) is 42.6 Å². The molecule has 6 rings (SSSR count). The van der Waals surface area contributed by atoms with E-state index in [1.165, 1.54) is 0 Å². The third kappa shape index (κ3) is 3.65. The molecular formula is C24H21FN6O3. The van der Waals surface area contributed by atoms with Crippen LogP contribution in [-0.4, -0.2) is 43.2 Å². The van der Waals surface area contributed by atoms with Crippen LogP contribution in [0.5, 0.6) is 5.88 Å². The second-order valence-corrected chi connectivity index (χ2v) is 8.36. The highest BCUT2D eigenvalue weighted by Crippen LogP contribution is 2.38. The average molecular weight is 460 g/mol. The van der Waals surface area contributed by atoms with Gasteiger partial charge in [-0.15, -0.1) is 15.3 Å². The Morgan fingerprint density at radius 1 is 1.09 bits per heavy atom. The van der Waals surface area contributed by atoms with E-state index in [0.717, 1.165) is 22.0 Å². The Morgan fingerprint density at radius 2 is 1.94 bits per heavy atom. The zero-order valence-electron chi connectivity index (χ0n) is 18.4. The number of alkyl halides is 1. The first kappa shape index (κ1) is 20.7. The van der Waals surface area contributed by atoms with Crippen LogP contribution in [0.1, 0.15) is 35.8 Å². The average Bonchev–Trinajstić information content (AvgIpc) is 3.48. The summed E-state index contributed by atoms with van der Waals surface area (Å²) in [5, 5.41) is 19.0. The lowest BCUT2D eigenvalue weighted by Gasteiger charge is -2.29. The fourth-order valence-electron chi connectivity index (χ4n) is 4.17. The largest absolute Gasteiger partial charge is 0.470 e. The van der Waals surface area contributed by atoms with Crippen molar-refractivity contribution >= 4 is 16.4 Å². The van der Waals surface area contributed by atoms with Crippen LogP contribution < -0.4 is 4.74 Å².